The van der Waals surface area contributed by atoms with Gasteiger partial charge in [0.1, 0.15) is 11.6 Å². The Morgan fingerprint density at radius 3 is 2.59 bits per heavy atom. The molecule has 0 amide bonds. The van der Waals surface area contributed by atoms with Gasteiger partial charge in [-0.1, -0.05) is 13.0 Å². The van der Waals surface area contributed by atoms with Gasteiger partial charge in [0.25, 0.3) is 0 Å². The molecule has 0 radical (unpaired) electrons. The summed E-state index contributed by atoms with van der Waals surface area (Å²) in [6, 6.07) is 9.65. The fourth-order valence-corrected chi connectivity index (χ4v) is 1.66. The van der Waals surface area contributed by atoms with Crippen molar-refractivity contribution in [3.05, 3.63) is 35.9 Å². The van der Waals surface area contributed by atoms with Crippen LogP contribution in [-0.2, 0) is 6.42 Å². The van der Waals surface area contributed by atoms with E-state index in [0.717, 1.165) is 23.4 Å². The molecule has 0 aliphatic carbocycles. The van der Waals surface area contributed by atoms with Crippen LogP contribution in [0.15, 0.2) is 30.3 Å². The molecule has 2 N–H and O–H groups in total. The zero-order chi connectivity index (χ0) is 12.3. The maximum absolute atomic E-state index is 5.53. The predicted octanol–water partition coefficient (Wildman–Crippen LogP) is 2.30. The van der Waals surface area contributed by atoms with Gasteiger partial charge in [-0.15, -0.1) is 10.2 Å². The zero-order valence-corrected chi connectivity index (χ0v) is 9.97. The molecule has 0 aliphatic rings. The second-order valence-corrected chi connectivity index (χ2v) is 3.73. The van der Waals surface area contributed by atoms with E-state index in [1.165, 1.54) is 5.56 Å². The largest absolute Gasteiger partial charge is 0.496 e. The predicted molar refractivity (Wildman–Crippen MR) is 67.8 cm³/mol. The molecule has 0 saturated carbocycles. The summed E-state index contributed by atoms with van der Waals surface area (Å²) in [5.41, 5.74) is 8.48. The molecule has 0 saturated heterocycles. The van der Waals surface area contributed by atoms with Crippen LogP contribution in [0, 0.1) is 0 Å². The molecule has 2 rings (SSSR count). The topological polar surface area (TPSA) is 61.0 Å². The molecule has 0 unspecified atom stereocenters. The minimum absolute atomic E-state index is 0.416. The summed E-state index contributed by atoms with van der Waals surface area (Å²) >= 11 is 0. The van der Waals surface area contributed by atoms with Gasteiger partial charge in [0, 0.05) is 5.56 Å². The van der Waals surface area contributed by atoms with Gasteiger partial charge in [-0.2, -0.15) is 0 Å². The first-order chi connectivity index (χ1) is 8.24. The summed E-state index contributed by atoms with van der Waals surface area (Å²) in [6.07, 6.45) is 0.972. The second-order valence-electron chi connectivity index (χ2n) is 3.73. The lowest BCUT2D eigenvalue weighted by Crippen LogP contribution is -1.96. The molecule has 0 fully saturated rings. The summed E-state index contributed by atoms with van der Waals surface area (Å²) in [6.45, 7) is 2.11. The average Bonchev–Trinajstić information content (AvgIpc) is 2.39. The first-order valence-electron chi connectivity index (χ1n) is 5.51. The van der Waals surface area contributed by atoms with Gasteiger partial charge < -0.3 is 10.5 Å². The van der Waals surface area contributed by atoms with Crippen LogP contribution in [0.4, 0.5) is 5.82 Å². The molecule has 1 heterocycles. The Labute approximate surface area is 100 Å². The van der Waals surface area contributed by atoms with Gasteiger partial charge in [-0.05, 0) is 36.2 Å². The van der Waals surface area contributed by atoms with Crippen molar-refractivity contribution in [2.24, 2.45) is 0 Å². The van der Waals surface area contributed by atoms with Crippen molar-refractivity contribution in [3.8, 4) is 17.0 Å². The molecule has 0 bridgehead atoms. The lowest BCUT2D eigenvalue weighted by atomic mass is 10.0. The highest BCUT2D eigenvalue weighted by Crippen LogP contribution is 2.29. The summed E-state index contributed by atoms with van der Waals surface area (Å²) in [5, 5.41) is 7.94. The molecule has 0 aliphatic heterocycles. The number of benzene rings is 1. The zero-order valence-electron chi connectivity index (χ0n) is 9.97. The maximum Gasteiger partial charge on any atom is 0.146 e. The quantitative estimate of drug-likeness (QED) is 0.877. The number of ether oxygens (including phenoxy) is 1. The van der Waals surface area contributed by atoms with Crippen molar-refractivity contribution in [1.29, 1.82) is 0 Å². The van der Waals surface area contributed by atoms with E-state index in [1.54, 1.807) is 13.2 Å². The van der Waals surface area contributed by atoms with Crippen molar-refractivity contribution in [2.75, 3.05) is 12.8 Å². The Hall–Kier alpha value is -2.10. The first kappa shape index (κ1) is 11.4. The number of rotatable bonds is 3. The molecule has 0 atom stereocenters. The number of nitrogen functional groups attached to an aromatic ring is 1. The Morgan fingerprint density at radius 1 is 1.18 bits per heavy atom. The molecule has 4 heteroatoms. The molecular weight excluding hydrogens is 214 g/mol. The second kappa shape index (κ2) is 4.82. The fourth-order valence-electron chi connectivity index (χ4n) is 1.66. The first-order valence-corrected chi connectivity index (χ1v) is 5.51. The molecule has 0 spiro atoms. The van der Waals surface area contributed by atoms with E-state index >= 15 is 0 Å². The molecule has 1 aromatic heterocycles. The molecular formula is C13H15N3O. The van der Waals surface area contributed by atoms with Gasteiger partial charge in [0.05, 0.1) is 12.8 Å². The van der Waals surface area contributed by atoms with Crippen molar-refractivity contribution in [1.82, 2.24) is 10.2 Å². The molecule has 2 aromatic rings. The number of hydrogen-bond acceptors (Lipinski definition) is 4. The third-order valence-electron chi connectivity index (χ3n) is 2.63. The van der Waals surface area contributed by atoms with Gasteiger partial charge in [-0.25, -0.2) is 0 Å². The molecule has 4 nitrogen and oxygen atoms in total. The number of hydrogen-bond donors (Lipinski definition) is 1. The summed E-state index contributed by atoms with van der Waals surface area (Å²) in [7, 11) is 1.65. The monoisotopic (exact) mass is 229 g/mol. The van der Waals surface area contributed by atoms with Gasteiger partial charge in [-0.3, -0.25) is 0 Å². The van der Waals surface area contributed by atoms with E-state index in [2.05, 4.69) is 23.2 Å². The van der Waals surface area contributed by atoms with E-state index in [4.69, 9.17) is 10.5 Å². The van der Waals surface area contributed by atoms with E-state index in [1.807, 2.05) is 18.2 Å². The van der Waals surface area contributed by atoms with Crippen LogP contribution < -0.4 is 10.5 Å². The standard InChI is InChI=1S/C13H15N3O/c1-3-9-4-6-12(17-2)10(8-9)11-5-7-13(14)16-15-11/h4-8H,3H2,1-2H3,(H2,14,16). The number of nitrogens with two attached hydrogens (primary N) is 1. The lowest BCUT2D eigenvalue weighted by molar-refractivity contribution is 0.416. The van der Waals surface area contributed by atoms with Crippen LogP contribution in [0.25, 0.3) is 11.3 Å². The van der Waals surface area contributed by atoms with Crippen LogP contribution >= 0.6 is 0 Å². The smallest absolute Gasteiger partial charge is 0.146 e. The number of aryl methyl sites for hydroxylation is 1. The highest BCUT2D eigenvalue weighted by atomic mass is 16.5. The van der Waals surface area contributed by atoms with Gasteiger partial charge in [0.2, 0.25) is 0 Å². The number of methoxy groups -OCH3 is 1. The summed E-state index contributed by atoms with van der Waals surface area (Å²) in [4.78, 5) is 0. The van der Waals surface area contributed by atoms with Crippen molar-refractivity contribution in [2.45, 2.75) is 13.3 Å². The summed E-state index contributed by atoms with van der Waals surface area (Å²) in [5.74, 6) is 1.21. The van der Waals surface area contributed by atoms with Crippen LogP contribution in [0.5, 0.6) is 5.75 Å². The Balaban J connectivity index is 2.51. The Bertz CT molecular complexity index is 509. The van der Waals surface area contributed by atoms with Gasteiger partial charge >= 0.3 is 0 Å². The highest BCUT2D eigenvalue weighted by Gasteiger charge is 2.08. The minimum Gasteiger partial charge on any atom is -0.496 e. The third-order valence-corrected chi connectivity index (χ3v) is 2.63. The van der Waals surface area contributed by atoms with Crippen molar-refractivity contribution >= 4 is 5.82 Å². The Morgan fingerprint density at radius 2 is 2.00 bits per heavy atom. The summed E-state index contributed by atoms with van der Waals surface area (Å²) < 4.78 is 5.33. The third kappa shape index (κ3) is 2.36. The lowest BCUT2D eigenvalue weighted by Gasteiger charge is -2.09. The maximum atomic E-state index is 5.53. The van der Waals surface area contributed by atoms with Crippen LogP contribution in [0.3, 0.4) is 0 Å². The normalized spacial score (nSPS) is 10.2. The minimum atomic E-state index is 0.416. The highest BCUT2D eigenvalue weighted by molar-refractivity contribution is 5.68. The molecule has 1 aromatic carbocycles. The van der Waals surface area contributed by atoms with E-state index in [-0.39, 0.29) is 0 Å². The van der Waals surface area contributed by atoms with Crippen LogP contribution in [0.2, 0.25) is 0 Å². The van der Waals surface area contributed by atoms with E-state index in [0.29, 0.717) is 5.82 Å². The number of aromatic nitrogens is 2. The van der Waals surface area contributed by atoms with Gasteiger partial charge in [0.15, 0.2) is 0 Å². The van der Waals surface area contributed by atoms with Crippen molar-refractivity contribution < 1.29 is 4.74 Å². The number of nitrogens with zero attached hydrogens (tertiary/aromatic N) is 2. The Kier molecular flexibility index (Phi) is 3.23. The van der Waals surface area contributed by atoms with Crippen LogP contribution in [0.1, 0.15) is 12.5 Å². The molecule has 88 valence electrons. The van der Waals surface area contributed by atoms with E-state index < -0.39 is 0 Å². The average molecular weight is 229 g/mol. The SMILES string of the molecule is CCc1ccc(OC)c(-c2ccc(N)nn2)c1. The number of anilines is 1. The fraction of sp³-hybridized carbons (Fsp3) is 0.231. The van der Waals surface area contributed by atoms with Crippen LogP contribution in [-0.4, -0.2) is 17.3 Å². The van der Waals surface area contributed by atoms with Crippen molar-refractivity contribution in [3.63, 3.8) is 0 Å². The molecule has 17 heavy (non-hydrogen) atoms. The van der Waals surface area contributed by atoms with E-state index in [9.17, 15) is 0 Å².